The molecule has 2 rings (SSSR count). The highest BCUT2D eigenvalue weighted by Gasteiger charge is 2.28. The SMILES string of the molecule is CC(C)(C)OC(=O)C(NC(=O)Nc1ccc(Br)cc1F)c1ccccc1. The number of urea groups is 1. The van der Waals surface area contributed by atoms with Crippen molar-refractivity contribution >= 4 is 33.6 Å². The largest absolute Gasteiger partial charge is 0.458 e. The summed E-state index contributed by atoms with van der Waals surface area (Å²) in [5, 5.41) is 4.94. The van der Waals surface area contributed by atoms with Crippen molar-refractivity contribution in [1.82, 2.24) is 5.32 Å². The fourth-order valence-corrected chi connectivity index (χ4v) is 2.50. The summed E-state index contributed by atoms with van der Waals surface area (Å²) in [5.41, 5.74) is -0.144. The number of carbonyl (C=O) groups is 2. The van der Waals surface area contributed by atoms with Gasteiger partial charge < -0.3 is 15.4 Å². The normalized spacial score (nSPS) is 12.2. The molecule has 0 aromatic heterocycles. The number of benzene rings is 2. The molecule has 2 N–H and O–H groups in total. The fourth-order valence-electron chi connectivity index (χ4n) is 2.16. The average molecular weight is 423 g/mol. The lowest BCUT2D eigenvalue weighted by atomic mass is 10.1. The summed E-state index contributed by atoms with van der Waals surface area (Å²) >= 11 is 3.15. The van der Waals surface area contributed by atoms with Gasteiger partial charge in [0, 0.05) is 4.47 Å². The first-order valence-corrected chi connectivity index (χ1v) is 8.75. The van der Waals surface area contributed by atoms with E-state index in [1.807, 2.05) is 0 Å². The second-order valence-electron chi connectivity index (χ2n) is 6.60. The van der Waals surface area contributed by atoms with E-state index in [1.165, 1.54) is 12.1 Å². The fraction of sp³-hybridized carbons (Fsp3) is 0.263. The van der Waals surface area contributed by atoms with Crippen LogP contribution in [0.15, 0.2) is 53.0 Å². The van der Waals surface area contributed by atoms with Crippen LogP contribution in [0.3, 0.4) is 0 Å². The van der Waals surface area contributed by atoms with Crippen molar-refractivity contribution < 1.29 is 18.7 Å². The van der Waals surface area contributed by atoms with Gasteiger partial charge in [0.15, 0.2) is 6.04 Å². The predicted octanol–water partition coefficient (Wildman–Crippen LogP) is 4.79. The zero-order valence-corrected chi connectivity index (χ0v) is 16.3. The Balaban J connectivity index is 2.18. The Hall–Kier alpha value is -2.41. The molecule has 2 aromatic carbocycles. The molecule has 0 fully saturated rings. The van der Waals surface area contributed by atoms with Crippen LogP contribution in [0.1, 0.15) is 32.4 Å². The van der Waals surface area contributed by atoms with Crippen LogP contribution in [0.25, 0.3) is 0 Å². The van der Waals surface area contributed by atoms with Gasteiger partial charge in [-0.25, -0.2) is 14.0 Å². The van der Waals surface area contributed by atoms with Crippen LogP contribution in [0, 0.1) is 5.82 Å². The Morgan fingerprint density at radius 1 is 1.12 bits per heavy atom. The second-order valence-corrected chi connectivity index (χ2v) is 7.52. The van der Waals surface area contributed by atoms with Crippen molar-refractivity contribution in [2.75, 3.05) is 5.32 Å². The molecule has 2 amide bonds. The minimum absolute atomic E-state index is 0.00157. The molecule has 0 aliphatic rings. The Kier molecular flexibility index (Phi) is 6.37. The Morgan fingerprint density at radius 3 is 2.35 bits per heavy atom. The molecular formula is C19H20BrFN2O3. The molecule has 5 nitrogen and oxygen atoms in total. The number of anilines is 1. The molecule has 0 aliphatic carbocycles. The molecule has 0 heterocycles. The highest BCUT2D eigenvalue weighted by Crippen LogP contribution is 2.21. The van der Waals surface area contributed by atoms with Crippen molar-refractivity contribution in [3.8, 4) is 0 Å². The number of halogens is 2. The molecule has 0 saturated heterocycles. The summed E-state index contributed by atoms with van der Waals surface area (Å²) in [6.07, 6.45) is 0. The minimum Gasteiger partial charge on any atom is -0.458 e. The molecule has 1 atom stereocenters. The van der Waals surface area contributed by atoms with Gasteiger partial charge in [-0.1, -0.05) is 46.3 Å². The molecule has 138 valence electrons. The van der Waals surface area contributed by atoms with Gasteiger partial charge in [-0.05, 0) is 44.5 Å². The van der Waals surface area contributed by atoms with Crippen molar-refractivity contribution in [2.24, 2.45) is 0 Å². The number of carbonyl (C=O) groups excluding carboxylic acids is 2. The Bertz CT molecular complexity index is 791. The number of esters is 1. The van der Waals surface area contributed by atoms with Crippen LogP contribution in [0.2, 0.25) is 0 Å². The summed E-state index contributed by atoms with van der Waals surface area (Å²) in [6, 6.07) is 11.2. The number of ether oxygens (including phenoxy) is 1. The third-order valence-corrected chi connectivity index (χ3v) is 3.72. The molecule has 0 bridgehead atoms. The molecule has 0 radical (unpaired) electrons. The Morgan fingerprint density at radius 2 is 1.77 bits per heavy atom. The minimum atomic E-state index is -1.02. The summed E-state index contributed by atoms with van der Waals surface area (Å²) in [7, 11) is 0. The van der Waals surface area contributed by atoms with E-state index in [2.05, 4.69) is 26.6 Å². The van der Waals surface area contributed by atoms with Gasteiger partial charge in [0.2, 0.25) is 0 Å². The van der Waals surface area contributed by atoms with Crippen LogP contribution in [0.4, 0.5) is 14.9 Å². The van der Waals surface area contributed by atoms with Gasteiger partial charge >= 0.3 is 12.0 Å². The molecule has 26 heavy (non-hydrogen) atoms. The van der Waals surface area contributed by atoms with Crippen LogP contribution in [-0.4, -0.2) is 17.6 Å². The summed E-state index contributed by atoms with van der Waals surface area (Å²) in [5.74, 6) is -1.20. The zero-order chi connectivity index (χ0) is 19.3. The molecule has 0 aliphatic heterocycles. The zero-order valence-electron chi connectivity index (χ0n) is 14.7. The Labute approximate surface area is 160 Å². The van der Waals surface area contributed by atoms with Crippen molar-refractivity contribution in [1.29, 1.82) is 0 Å². The topological polar surface area (TPSA) is 67.4 Å². The van der Waals surface area contributed by atoms with Gasteiger partial charge in [-0.2, -0.15) is 0 Å². The third kappa shape index (κ3) is 5.84. The van der Waals surface area contributed by atoms with Crippen molar-refractivity contribution in [3.05, 3.63) is 64.4 Å². The van der Waals surface area contributed by atoms with E-state index in [9.17, 15) is 14.0 Å². The maximum absolute atomic E-state index is 13.9. The molecule has 0 spiro atoms. The standard InChI is InChI=1S/C19H20BrFN2O3/c1-19(2,3)26-17(24)16(12-7-5-4-6-8-12)23-18(25)22-15-10-9-13(20)11-14(15)21/h4-11,16H,1-3H3,(H2,22,23,25). The quantitative estimate of drug-likeness (QED) is 0.695. The number of nitrogens with one attached hydrogen (secondary N) is 2. The van der Waals surface area contributed by atoms with E-state index < -0.39 is 29.5 Å². The summed E-state index contributed by atoms with van der Waals surface area (Å²) < 4.78 is 19.8. The highest BCUT2D eigenvalue weighted by atomic mass is 79.9. The van der Waals surface area contributed by atoms with Gasteiger partial charge in [0.05, 0.1) is 5.69 Å². The first-order valence-electron chi connectivity index (χ1n) is 7.96. The van der Waals surface area contributed by atoms with E-state index in [0.717, 1.165) is 0 Å². The van der Waals surface area contributed by atoms with E-state index in [0.29, 0.717) is 10.0 Å². The summed E-state index contributed by atoms with van der Waals surface area (Å²) in [6.45, 7) is 5.22. The van der Waals surface area contributed by atoms with Gasteiger partial charge in [-0.15, -0.1) is 0 Å². The molecule has 0 saturated carbocycles. The van der Waals surface area contributed by atoms with Gasteiger partial charge in [0.25, 0.3) is 0 Å². The predicted molar refractivity (Wildman–Crippen MR) is 101 cm³/mol. The first kappa shape index (κ1) is 19.9. The smallest absolute Gasteiger partial charge is 0.333 e. The second kappa shape index (κ2) is 8.31. The van der Waals surface area contributed by atoms with E-state index in [4.69, 9.17) is 4.74 Å². The lowest BCUT2D eigenvalue weighted by Crippen LogP contribution is -2.40. The van der Waals surface area contributed by atoms with Crippen LogP contribution in [-0.2, 0) is 9.53 Å². The molecule has 2 aromatic rings. The van der Waals surface area contributed by atoms with Crippen LogP contribution >= 0.6 is 15.9 Å². The number of hydrogen-bond donors (Lipinski definition) is 2. The molecule has 1 unspecified atom stereocenters. The number of rotatable bonds is 4. The molecular weight excluding hydrogens is 403 g/mol. The van der Waals surface area contributed by atoms with E-state index >= 15 is 0 Å². The molecule has 7 heteroatoms. The monoisotopic (exact) mass is 422 g/mol. The van der Waals surface area contributed by atoms with E-state index in [1.54, 1.807) is 57.2 Å². The van der Waals surface area contributed by atoms with Crippen LogP contribution < -0.4 is 10.6 Å². The van der Waals surface area contributed by atoms with Crippen molar-refractivity contribution in [3.63, 3.8) is 0 Å². The third-order valence-electron chi connectivity index (χ3n) is 3.23. The maximum atomic E-state index is 13.9. The number of amides is 2. The van der Waals surface area contributed by atoms with Gasteiger partial charge in [-0.3, -0.25) is 0 Å². The highest BCUT2D eigenvalue weighted by molar-refractivity contribution is 9.10. The lowest BCUT2D eigenvalue weighted by Gasteiger charge is -2.25. The first-order chi connectivity index (χ1) is 12.2. The van der Waals surface area contributed by atoms with Crippen LogP contribution in [0.5, 0.6) is 0 Å². The maximum Gasteiger partial charge on any atom is 0.333 e. The number of hydrogen-bond acceptors (Lipinski definition) is 3. The summed E-state index contributed by atoms with van der Waals surface area (Å²) in [4.78, 5) is 24.8. The lowest BCUT2D eigenvalue weighted by molar-refractivity contribution is -0.157. The van der Waals surface area contributed by atoms with E-state index in [-0.39, 0.29) is 5.69 Å². The average Bonchev–Trinajstić information content (AvgIpc) is 2.54. The van der Waals surface area contributed by atoms with Gasteiger partial charge in [0.1, 0.15) is 11.4 Å². The van der Waals surface area contributed by atoms with Crippen molar-refractivity contribution in [2.45, 2.75) is 32.4 Å².